The van der Waals surface area contributed by atoms with Crippen LogP contribution in [-0.2, 0) is 0 Å². The molecule has 0 atom stereocenters. The van der Waals surface area contributed by atoms with Crippen molar-refractivity contribution in [2.24, 2.45) is 0 Å². The molecule has 0 radical (unpaired) electrons. The van der Waals surface area contributed by atoms with Crippen LogP contribution in [0.2, 0.25) is 0 Å². The van der Waals surface area contributed by atoms with Crippen LogP contribution in [0, 0.1) is 6.92 Å². The molecule has 142 valence electrons. The maximum absolute atomic E-state index is 12.7. The smallest absolute Gasteiger partial charge is 0.349 e. The fourth-order valence-corrected chi connectivity index (χ4v) is 3.60. The van der Waals surface area contributed by atoms with Crippen molar-refractivity contribution >= 4 is 38.9 Å². The molecule has 0 unspecified atom stereocenters. The predicted molar refractivity (Wildman–Crippen MR) is 106 cm³/mol. The molecule has 28 heavy (non-hydrogen) atoms. The fourth-order valence-electron chi connectivity index (χ4n) is 2.85. The number of carbonyl (C=O) groups is 1. The number of aryl methyl sites for hydroxylation is 1. The van der Waals surface area contributed by atoms with Crippen LogP contribution in [0.4, 0.5) is 5.69 Å². The first kappa shape index (κ1) is 17.9. The number of fused-ring (bicyclic) bond motifs is 2. The Morgan fingerprint density at radius 2 is 2.18 bits per heavy atom. The number of para-hydroxylation sites is 1. The summed E-state index contributed by atoms with van der Waals surface area (Å²) in [4.78, 5) is 42.5. The summed E-state index contributed by atoms with van der Waals surface area (Å²) in [6, 6.07) is 6.54. The van der Waals surface area contributed by atoms with Crippen molar-refractivity contribution < 1.29 is 13.9 Å². The Morgan fingerprint density at radius 3 is 2.96 bits per heavy atom. The Labute approximate surface area is 162 Å². The van der Waals surface area contributed by atoms with E-state index < -0.39 is 17.1 Å². The van der Waals surface area contributed by atoms with Crippen LogP contribution in [0.15, 0.2) is 49.8 Å². The molecular weight excluding hydrogens is 382 g/mol. The number of nitrogens with zero attached hydrogens (tertiary/aromatic N) is 2. The largest absolute Gasteiger partial charge is 0.490 e. The van der Waals surface area contributed by atoms with Gasteiger partial charge in [-0.15, -0.1) is 11.3 Å². The zero-order valence-electron chi connectivity index (χ0n) is 15.0. The molecule has 8 nitrogen and oxygen atoms in total. The monoisotopic (exact) mass is 397 g/mol. The number of carbonyl (C=O) groups excluding carboxylic acids is 1. The average Bonchev–Trinajstić information content (AvgIpc) is 3.13. The highest BCUT2D eigenvalue weighted by atomic mass is 32.1. The first-order chi connectivity index (χ1) is 13.5. The van der Waals surface area contributed by atoms with Crippen LogP contribution in [0.25, 0.3) is 15.9 Å². The van der Waals surface area contributed by atoms with E-state index in [9.17, 15) is 14.4 Å². The summed E-state index contributed by atoms with van der Waals surface area (Å²) >= 11 is 1.31. The number of hydrogen-bond donors (Lipinski definition) is 1. The van der Waals surface area contributed by atoms with Gasteiger partial charge in [-0.1, -0.05) is 12.1 Å². The standard InChI is InChI=1S/C19H15N3O5S/c1-3-26-13-6-4-5-11-9-12(18(25)27-15(11)13)16(23)21-14-10(2)20-19-22(17(14)24)7-8-28-19/h4-9H,3H2,1-2H3,(H,21,23). The number of benzene rings is 1. The zero-order valence-corrected chi connectivity index (χ0v) is 15.8. The normalized spacial score (nSPS) is 11.1. The lowest BCUT2D eigenvalue weighted by Crippen LogP contribution is -2.27. The van der Waals surface area contributed by atoms with E-state index >= 15 is 0 Å². The number of aromatic nitrogens is 2. The van der Waals surface area contributed by atoms with E-state index in [4.69, 9.17) is 9.15 Å². The minimum Gasteiger partial charge on any atom is -0.490 e. The molecule has 0 spiro atoms. The SMILES string of the molecule is CCOc1cccc2cc(C(=O)Nc3c(C)nc4sccn4c3=O)c(=O)oc12. The Kier molecular flexibility index (Phi) is 4.44. The van der Waals surface area contributed by atoms with Gasteiger partial charge in [-0.2, -0.15) is 0 Å². The Morgan fingerprint density at radius 1 is 1.36 bits per heavy atom. The topological polar surface area (TPSA) is 103 Å². The van der Waals surface area contributed by atoms with Crippen LogP contribution < -0.4 is 21.2 Å². The summed E-state index contributed by atoms with van der Waals surface area (Å²) in [6.45, 7) is 3.85. The van der Waals surface area contributed by atoms with Crippen molar-refractivity contribution in [2.45, 2.75) is 13.8 Å². The first-order valence-corrected chi connectivity index (χ1v) is 9.35. The predicted octanol–water partition coefficient (Wildman–Crippen LogP) is 2.82. The van der Waals surface area contributed by atoms with E-state index in [2.05, 4.69) is 10.3 Å². The molecule has 0 fully saturated rings. The third-order valence-electron chi connectivity index (χ3n) is 4.15. The lowest BCUT2D eigenvalue weighted by Gasteiger charge is -2.09. The van der Waals surface area contributed by atoms with Gasteiger partial charge in [0.2, 0.25) is 0 Å². The summed E-state index contributed by atoms with van der Waals surface area (Å²) in [5.74, 6) is -0.320. The molecular formula is C19H15N3O5S. The summed E-state index contributed by atoms with van der Waals surface area (Å²) in [7, 11) is 0. The van der Waals surface area contributed by atoms with Gasteiger partial charge in [0, 0.05) is 17.0 Å². The summed E-state index contributed by atoms with van der Waals surface area (Å²) in [6.07, 6.45) is 1.57. The van der Waals surface area contributed by atoms with Gasteiger partial charge in [-0.3, -0.25) is 14.0 Å². The van der Waals surface area contributed by atoms with E-state index in [0.29, 0.717) is 28.4 Å². The highest BCUT2D eigenvalue weighted by Gasteiger charge is 2.19. The highest BCUT2D eigenvalue weighted by Crippen LogP contribution is 2.25. The number of thiazole rings is 1. The van der Waals surface area contributed by atoms with Crippen molar-refractivity contribution in [1.82, 2.24) is 9.38 Å². The molecule has 0 bridgehead atoms. The lowest BCUT2D eigenvalue weighted by molar-refractivity contribution is 0.102. The molecule has 0 saturated carbocycles. The molecule has 1 amide bonds. The van der Waals surface area contributed by atoms with Crippen LogP contribution in [-0.4, -0.2) is 21.9 Å². The van der Waals surface area contributed by atoms with Crippen molar-refractivity contribution in [3.05, 3.63) is 67.9 Å². The minimum atomic E-state index is -0.820. The van der Waals surface area contributed by atoms with Crippen molar-refractivity contribution in [3.63, 3.8) is 0 Å². The maximum Gasteiger partial charge on any atom is 0.349 e. The van der Waals surface area contributed by atoms with Crippen molar-refractivity contribution in [2.75, 3.05) is 11.9 Å². The molecule has 3 aromatic heterocycles. The number of anilines is 1. The van der Waals surface area contributed by atoms with Gasteiger partial charge >= 0.3 is 5.63 Å². The average molecular weight is 397 g/mol. The lowest BCUT2D eigenvalue weighted by atomic mass is 10.1. The molecule has 3 heterocycles. The Balaban J connectivity index is 1.77. The molecule has 0 aliphatic heterocycles. The summed E-state index contributed by atoms with van der Waals surface area (Å²) < 4.78 is 12.1. The first-order valence-electron chi connectivity index (χ1n) is 8.47. The number of nitrogens with one attached hydrogen (secondary N) is 1. The highest BCUT2D eigenvalue weighted by molar-refractivity contribution is 7.15. The summed E-state index contributed by atoms with van der Waals surface area (Å²) in [5.41, 5.74) is -0.799. The number of ether oxygens (including phenoxy) is 1. The van der Waals surface area contributed by atoms with Gasteiger partial charge in [0.1, 0.15) is 11.3 Å². The van der Waals surface area contributed by atoms with E-state index in [-0.39, 0.29) is 16.8 Å². The number of rotatable bonds is 4. The second-order valence-electron chi connectivity index (χ2n) is 5.94. The van der Waals surface area contributed by atoms with Crippen LogP contribution in [0.1, 0.15) is 23.0 Å². The second kappa shape index (κ2) is 6.93. The Hall–Kier alpha value is -3.46. The quantitative estimate of drug-likeness (QED) is 0.531. The van der Waals surface area contributed by atoms with Gasteiger partial charge < -0.3 is 14.5 Å². The van der Waals surface area contributed by atoms with Gasteiger partial charge in [-0.05, 0) is 26.0 Å². The van der Waals surface area contributed by atoms with Crippen molar-refractivity contribution in [3.8, 4) is 5.75 Å². The summed E-state index contributed by atoms with van der Waals surface area (Å²) in [5, 5.41) is 4.76. The minimum absolute atomic E-state index is 0.0171. The zero-order chi connectivity index (χ0) is 19.8. The molecule has 1 N–H and O–H groups in total. The molecule has 0 aliphatic carbocycles. The molecule has 4 rings (SSSR count). The maximum atomic E-state index is 12.7. The Bertz CT molecular complexity index is 1340. The van der Waals surface area contributed by atoms with Gasteiger partial charge in [-0.25, -0.2) is 9.78 Å². The van der Waals surface area contributed by atoms with Gasteiger partial charge in [0.05, 0.1) is 12.3 Å². The van der Waals surface area contributed by atoms with E-state index in [1.54, 1.807) is 36.7 Å². The third-order valence-corrected chi connectivity index (χ3v) is 4.91. The van der Waals surface area contributed by atoms with E-state index in [1.165, 1.54) is 21.8 Å². The number of hydrogen-bond acceptors (Lipinski definition) is 7. The molecule has 4 aromatic rings. The van der Waals surface area contributed by atoms with E-state index in [0.717, 1.165) is 0 Å². The van der Waals surface area contributed by atoms with Crippen LogP contribution >= 0.6 is 11.3 Å². The van der Waals surface area contributed by atoms with Gasteiger partial charge in [0.25, 0.3) is 11.5 Å². The van der Waals surface area contributed by atoms with Crippen molar-refractivity contribution in [1.29, 1.82) is 0 Å². The second-order valence-corrected chi connectivity index (χ2v) is 6.82. The van der Waals surface area contributed by atoms with E-state index in [1.807, 2.05) is 6.92 Å². The van der Waals surface area contributed by atoms with Crippen LogP contribution in [0.3, 0.4) is 0 Å². The fraction of sp³-hybridized carbons (Fsp3) is 0.158. The molecule has 0 aliphatic rings. The van der Waals surface area contributed by atoms with Crippen LogP contribution in [0.5, 0.6) is 5.75 Å². The molecule has 0 saturated heterocycles. The third kappa shape index (κ3) is 2.95. The number of amides is 1. The molecule has 1 aromatic carbocycles. The molecule has 9 heteroatoms. The van der Waals surface area contributed by atoms with Gasteiger partial charge in [0.15, 0.2) is 16.3 Å².